The minimum absolute atomic E-state index is 0.248. The highest BCUT2D eigenvalue weighted by molar-refractivity contribution is 14.1. The van der Waals surface area contributed by atoms with E-state index in [2.05, 4.69) is 37.9 Å². The molecule has 1 aliphatic rings. The molecule has 2 aromatic heterocycles. The fourth-order valence-electron chi connectivity index (χ4n) is 2.70. The fourth-order valence-corrected chi connectivity index (χ4v) is 4.98. The summed E-state index contributed by atoms with van der Waals surface area (Å²) in [6.45, 7) is 2.79. The number of aryl methyl sites for hydroxylation is 1. The van der Waals surface area contributed by atoms with Gasteiger partial charge in [-0.05, 0) is 60.4 Å². The molecule has 1 aromatic carbocycles. The van der Waals surface area contributed by atoms with Gasteiger partial charge in [0, 0.05) is 16.3 Å². The first-order chi connectivity index (χ1) is 12.0. The topological polar surface area (TPSA) is 76.9 Å². The summed E-state index contributed by atoms with van der Waals surface area (Å²) in [4.78, 5) is 8.80. The van der Waals surface area contributed by atoms with Gasteiger partial charge in [0.05, 0.1) is 10.3 Å². The van der Waals surface area contributed by atoms with Crippen LogP contribution >= 0.6 is 22.6 Å². The maximum Gasteiger partial charge on any atom is 0.269 e. The van der Waals surface area contributed by atoms with Crippen molar-refractivity contribution in [1.29, 1.82) is 0 Å². The molecule has 3 aromatic rings. The summed E-state index contributed by atoms with van der Waals surface area (Å²) >= 11 is 2.14. The molecule has 0 aliphatic heterocycles. The molecule has 0 amide bonds. The highest BCUT2D eigenvalue weighted by Gasteiger charge is 2.25. The first-order valence-electron chi connectivity index (χ1n) is 8.04. The van der Waals surface area contributed by atoms with Gasteiger partial charge >= 0.3 is 0 Å². The molecule has 0 radical (unpaired) electrons. The average Bonchev–Trinajstić information content (AvgIpc) is 3.36. The first kappa shape index (κ1) is 16.8. The van der Waals surface area contributed by atoms with Crippen molar-refractivity contribution in [1.82, 2.24) is 13.9 Å². The fraction of sp³-hybridized carbons (Fsp3) is 0.294. The molecule has 1 fully saturated rings. The lowest BCUT2D eigenvalue weighted by atomic mass is 10.2. The Kier molecular flexibility index (Phi) is 4.19. The van der Waals surface area contributed by atoms with E-state index in [0.717, 1.165) is 21.1 Å². The summed E-state index contributed by atoms with van der Waals surface area (Å²) in [5.74, 6) is 1.39. The van der Waals surface area contributed by atoms with Gasteiger partial charge in [0.25, 0.3) is 10.0 Å². The lowest BCUT2D eigenvalue weighted by molar-refractivity contribution is 0.588. The summed E-state index contributed by atoms with van der Waals surface area (Å²) in [6, 6.07) is 6.83. The number of rotatable bonds is 5. The molecule has 6 nitrogen and oxygen atoms in total. The van der Waals surface area contributed by atoms with E-state index < -0.39 is 10.0 Å². The van der Waals surface area contributed by atoms with Crippen LogP contribution in [0.4, 0.5) is 5.82 Å². The first-order valence-corrected chi connectivity index (χ1v) is 10.6. The van der Waals surface area contributed by atoms with Crippen LogP contribution in [0.15, 0.2) is 41.7 Å². The van der Waals surface area contributed by atoms with Gasteiger partial charge < -0.3 is 5.32 Å². The summed E-state index contributed by atoms with van der Waals surface area (Å²) in [5.41, 5.74) is 1.41. The monoisotopic (exact) mass is 468 g/mol. The SMILES string of the molecule is Cc1ccc(S(=O)(=O)n2cc(I)c3c(NCC4CC4)ncnc32)cc1. The standard InChI is InChI=1S/C17H17IN4O2S/c1-11-2-6-13(7-3-11)25(23,24)22-9-14(18)15-16(19-8-12-4-5-12)20-10-21-17(15)22/h2-3,6-7,9-10,12H,4-5,8H2,1H3,(H,19,20,21). The van der Waals surface area contributed by atoms with E-state index >= 15 is 0 Å². The van der Waals surface area contributed by atoms with Crippen LogP contribution in [0.3, 0.4) is 0 Å². The van der Waals surface area contributed by atoms with Crippen molar-refractivity contribution in [3.63, 3.8) is 0 Å². The Morgan fingerprint density at radius 2 is 1.96 bits per heavy atom. The second-order valence-electron chi connectivity index (χ2n) is 6.34. The van der Waals surface area contributed by atoms with Crippen LogP contribution < -0.4 is 5.32 Å². The van der Waals surface area contributed by atoms with Crippen molar-refractivity contribution in [2.45, 2.75) is 24.7 Å². The van der Waals surface area contributed by atoms with E-state index in [4.69, 9.17) is 0 Å². The Morgan fingerprint density at radius 1 is 1.24 bits per heavy atom. The average molecular weight is 468 g/mol. The third-order valence-corrected chi connectivity index (χ3v) is 6.82. The van der Waals surface area contributed by atoms with E-state index in [1.807, 2.05) is 6.92 Å². The smallest absolute Gasteiger partial charge is 0.269 e. The van der Waals surface area contributed by atoms with Crippen molar-refractivity contribution in [3.8, 4) is 0 Å². The normalized spacial score (nSPS) is 14.8. The number of halogens is 1. The molecule has 8 heteroatoms. The Hall–Kier alpha value is -1.68. The van der Waals surface area contributed by atoms with Crippen molar-refractivity contribution >= 4 is 49.5 Å². The van der Waals surface area contributed by atoms with E-state index in [0.29, 0.717) is 17.4 Å². The van der Waals surface area contributed by atoms with Crippen molar-refractivity contribution in [2.24, 2.45) is 5.92 Å². The van der Waals surface area contributed by atoms with Gasteiger partial charge in [-0.25, -0.2) is 22.4 Å². The number of hydrogen-bond acceptors (Lipinski definition) is 5. The van der Waals surface area contributed by atoms with Crippen LogP contribution in [0.1, 0.15) is 18.4 Å². The Balaban J connectivity index is 1.82. The molecule has 25 heavy (non-hydrogen) atoms. The zero-order valence-electron chi connectivity index (χ0n) is 13.6. The number of fused-ring (bicyclic) bond motifs is 1. The van der Waals surface area contributed by atoms with Gasteiger partial charge in [0.15, 0.2) is 5.65 Å². The van der Waals surface area contributed by atoms with Gasteiger partial charge in [-0.15, -0.1) is 0 Å². The zero-order valence-corrected chi connectivity index (χ0v) is 16.6. The van der Waals surface area contributed by atoms with Crippen LogP contribution in [0, 0.1) is 16.4 Å². The molecule has 0 bridgehead atoms. The molecule has 1 N–H and O–H groups in total. The Morgan fingerprint density at radius 3 is 2.64 bits per heavy atom. The van der Waals surface area contributed by atoms with Gasteiger partial charge in [-0.1, -0.05) is 17.7 Å². The number of nitrogens with zero attached hydrogens (tertiary/aromatic N) is 3. The summed E-state index contributed by atoms with van der Waals surface area (Å²) < 4.78 is 28.1. The van der Waals surface area contributed by atoms with Crippen LogP contribution in [-0.2, 0) is 10.0 Å². The highest BCUT2D eigenvalue weighted by Crippen LogP contribution is 2.32. The number of aromatic nitrogens is 3. The molecule has 2 heterocycles. The van der Waals surface area contributed by atoms with E-state index in [-0.39, 0.29) is 4.90 Å². The molecule has 1 aliphatic carbocycles. The molecule has 0 saturated heterocycles. The van der Waals surface area contributed by atoms with E-state index in [1.165, 1.54) is 23.1 Å². The lowest BCUT2D eigenvalue weighted by Gasteiger charge is -2.08. The third kappa shape index (κ3) is 3.12. The highest BCUT2D eigenvalue weighted by atomic mass is 127. The largest absolute Gasteiger partial charge is 0.369 e. The zero-order chi connectivity index (χ0) is 17.6. The van der Waals surface area contributed by atoms with Crippen LogP contribution in [-0.4, -0.2) is 28.9 Å². The molecule has 0 atom stereocenters. The number of benzene rings is 1. The van der Waals surface area contributed by atoms with Gasteiger partial charge in [0.1, 0.15) is 12.1 Å². The van der Waals surface area contributed by atoms with Gasteiger partial charge in [-0.2, -0.15) is 0 Å². The number of nitrogens with one attached hydrogen (secondary N) is 1. The molecular weight excluding hydrogens is 451 g/mol. The van der Waals surface area contributed by atoms with Crippen molar-refractivity contribution < 1.29 is 8.42 Å². The summed E-state index contributed by atoms with van der Waals surface area (Å²) in [6.07, 6.45) is 5.49. The van der Waals surface area contributed by atoms with Crippen LogP contribution in [0.2, 0.25) is 0 Å². The molecule has 0 unspecified atom stereocenters. The van der Waals surface area contributed by atoms with Gasteiger partial charge in [0.2, 0.25) is 0 Å². The second kappa shape index (κ2) is 6.24. The van der Waals surface area contributed by atoms with Crippen LogP contribution in [0.5, 0.6) is 0 Å². The molecular formula is C17H17IN4O2S. The maximum absolute atomic E-state index is 13.0. The Labute approximate surface area is 159 Å². The summed E-state index contributed by atoms with van der Waals surface area (Å²) in [7, 11) is -3.70. The number of anilines is 1. The second-order valence-corrected chi connectivity index (χ2v) is 9.31. The van der Waals surface area contributed by atoms with Crippen molar-refractivity contribution in [2.75, 3.05) is 11.9 Å². The number of hydrogen-bond donors (Lipinski definition) is 1. The Bertz CT molecular complexity index is 1040. The van der Waals surface area contributed by atoms with Gasteiger partial charge in [-0.3, -0.25) is 0 Å². The maximum atomic E-state index is 13.0. The predicted molar refractivity (Wildman–Crippen MR) is 105 cm³/mol. The minimum atomic E-state index is -3.70. The molecule has 0 spiro atoms. The molecule has 1 saturated carbocycles. The lowest BCUT2D eigenvalue weighted by Crippen LogP contribution is -2.13. The summed E-state index contributed by atoms with van der Waals surface area (Å²) in [5, 5.41) is 4.09. The quantitative estimate of drug-likeness (QED) is 0.581. The minimum Gasteiger partial charge on any atom is -0.369 e. The van der Waals surface area contributed by atoms with E-state index in [1.54, 1.807) is 30.5 Å². The molecule has 130 valence electrons. The van der Waals surface area contributed by atoms with Crippen molar-refractivity contribution in [3.05, 3.63) is 45.9 Å². The van der Waals surface area contributed by atoms with E-state index in [9.17, 15) is 8.42 Å². The van der Waals surface area contributed by atoms with Crippen LogP contribution in [0.25, 0.3) is 11.0 Å². The predicted octanol–water partition coefficient (Wildman–Crippen LogP) is 3.40. The molecule has 4 rings (SSSR count). The third-order valence-electron chi connectivity index (χ3n) is 4.34.